The molecule has 0 aromatic heterocycles. The third-order valence-electron chi connectivity index (χ3n) is 3.70. The molecule has 0 aromatic rings. The van der Waals surface area contributed by atoms with Gasteiger partial charge in [0.1, 0.15) is 6.10 Å². The zero-order valence-corrected chi connectivity index (χ0v) is 8.22. The van der Waals surface area contributed by atoms with E-state index in [-0.39, 0.29) is 37.1 Å². The monoisotopic (exact) mass is 200 g/mol. The molecule has 1 heterocycles. The number of fused-ring (bicyclic) bond motifs is 1. The molecule has 14 heavy (non-hydrogen) atoms. The molecule has 1 saturated heterocycles. The van der Waals surface area contributed by atoms with E-state index in [1.54, 1.807) is 0 Å². The zero-order chi connectivity index (χ0) is 10.3. The largest absolute Gasteiger partial charge is 0.462 e. The molecular formula is C10H16O4. The van der Waals surface area contributed by atoms with E-state index in [2.05, 4.69) is 6.92 Å². The van der Waals surface area contributed by atoms with Gasteiger partial charge in [0.15, 0.2) is 0 Å². The molecule has 2 aliphatic rings. The smallest absolute Gasteiger partial charge is 0.311 e. The molecule has 2 N–H and O–H groups in total. The average Bonchev–Trinajstić information content (AvgIpc) is 2.58. The molecule has 0 spiro atoms. The second kappa shape index (κ2) is 3.51. The molecule has 2 rings (SSSR count). The summed E-state index contributed by atoms with van der Waals surface area (Å²) in [5, 5.41) is 18.3. The van der Waals surface area contributed by atoms with Crippen molar-refractivity contribution in [1.29, 1.82) is 0 Å². The molecule has 0 radical (unpaired) electrons. The lowest BCUT2D eigenvalue weighted by atomic mass is 9.83. The maximum Gasteiger partial charge on any atom is 0.311 e. The van der Waals surface area contributed by atoms with E-state index in [1.165, 1.54) is 0 Å². The first kappa shape index (κ1) is 9.93. The third-order valence-corrected chi connectivity index (χ3v) is 3.70. The van der Waals surface area contributed by atoms with Crippen LogP contribution >= 0.6 is 0 Å². The van der Waals surface area contributed by atoms with Crippen molar-refractivity contribution in [2.24, 2.45) is 23.7 Å². The topological polar surface area (TPSA) is 66.8 Å². The highest BCUT2D eigenvalue weighted by molar-refractivity contribution is 5.75. The Kier molecular flexibility index (Phi) is 2.49. The summed E-state index contributed by atoms with van der Waals surface area (Å²) < 4.78 is 5.18. The van der Waals surface area contributed by atoms with E-state index in [9.17, 15) is 9.90 Å². The number of rotatable bonds is 2. The van der Waals surface area contributed by atoms with Gasteiger partial charge in [-0.1, -0.05) is 6.92 Å². The van der Waals surface area contributed by atoms with Gasteiger partial charge in [-0.2, -0.15) is 0 Å². The lowest BCUT2D eigenvalue weighted by molar-refractivity contribution is -0.145. The second-order valence-corrected chi connectivity index (χ2v) is 4.40. The fourth-order valence-electron chi connectivity index (χ4n) is 2.93. The predicted molar refractivity (Wildman–Crippen MR) is 48.3 cm³/mol. The first-order valence-electron chi connectivity index (χ1n) is 5.11. The van der Waals surface area contributed by atoms with E-state index in [1.807, 2.05) is 0 Å². The number of aliphatic hydroxyl groups excluding tert-OH is 2. The minimum Gasteiger partial charge on any atom is -0.462 e. The minimum atomic E-state index is -0.415. The van der Waals surface area contributed by atoms with Gasteiger partial charge in [0.25, 0.3) is 0 Å². The number of aliphatic hydroxyl groups is 2. The summed E-state index contributed by atoms with van der Waals surface area (Å²) in [6, 6.07) is 0. The van der Waals surface area contributed by atoms with Gasteiger partial charge in [0.2, 0.25) is 0 Å². The summed E-state index contributed by atoms with van der Waals surface area (Å²) in [4.78, 5) is 11.3. The van der Waals surface area contributed by atoms with Crippen molar-refractivity contribution in [2.75, 3.05) is 13.2 Å². The van der Waals surface area contributed by atoms with Crippen molar-refractivity contribution < 1.29 is 19.7 Å². The van der Waals surface area contributed by atoms with Crippen LogP contribution in [0.5, 0.6) is 0 Å². The highest BCUT2D eigenvalue weighted by Crippen LogP contribution is 2.46. The lowest BCUT2D eigenvalue weighted by Crippen LogP contribution is -2.29. The predicted octanol–water partition coefficient (Wildman–Crippen LogP) is -0.215. The Morgan fingerprint density at radius 2 is 2.14 bits per heavy atom. The van der Waals surface area contributed by atoms with Crippen LogP contribution in [0.25, 0.3) is 0 Å². The number of carbonyl (C=O) groups excluding carboxylic acids is 1. The fraction of sp³-hybridized carbons (Fsp3) is 0.900. The van der Waals surface area contributed by atoms with Gasteiger partial charge in [-0.3, -0.25) is 4.79 Å². The summed E-state index contributed by atoms with van der Waals surface area (Å²) in [6.07, 6.45) is 0.741. The van der Waals surface area contributed by atoms with Gasteiger partial charge >= 0.3 is 5.97 Å². The van der Waals surface area contributed by atoms with Crippen LogP contribution < -0.4 is 0 Å². The number of ether oxygens (including phenoxy) is 1. The molecule has 1 saturated carbocycles. The van der Waals surface area contributed by atoms with Crippen molar-refractivity contribution >= 4 is 5.97 Å². The highest BCUT2D eigenvalue weighted by Gasteiger charge is 2.53. The standard InChI is InChI=1S/C10H16O4/c1-5-2-8-9(6(5)3-11)7(4-12)10(13)14-8/h5-9,11-12H,2-4H2,1H3/t5?,6-,7?,8?,9-/m1/s1. The van der Waals surface area contributed by atoms with Crippen molar-refractivity contribution in [1.82, 2.24) is 0 Å². The Bertz CT molecular complexity index is 240. The average molecular weight is 200 g/mol. The van der Waals surface area contributed by atoms with Gasteiger partial charge in [0.05, 0.1) is 12.5 Å². The molecule has 0 bridgehead atoms. The molecule has 0 aromatic carbocycles. The van der Waals surface area contributed by atoms with E-state index in [0.717, 1.165) is 6.42 Å². The van der Waals surface area contributed by atoms with Crippen LogP contribution in [0.15, 0.2) is 0 Å². The zero-order valence-electron chi connectivity index (χ0n) is 8.22. The number of hydrogen-bond acceptors (Lipinski definition) is 4. The van der Waals surface area contributed by atoms with Crippen LogP contribution in [-0.4, -0.2) is 35.5 Å². The van der Waals surface area contributed by atoms with Gasteiger partial charge in [-0.25, -0.2) is 0 Å². The summed E-state index contributed by atoms with van der Waals surface area (Å²) in [5.41, 5.74) is 0. The Hall–Kier alpha value is -0.610. The molecule has 3 unspecified atom stereocenters. The Morgan fingerprint density at radius 3 is 2.71 bits per heavy atom. The molecular weight excluding hydrogens is 184 g/mol. The van der Waals surface area contributed by atoms with Crippen molar-refractivity contribution in [2.45, 2.75) is 19.4 Å². The summed E-state index contributed by atoms with van der Waals surface area (Å²) in [7, 11) is 0. The molecule has 5 atom stereocenters. The van der Waals surface area contributed by atoms with Gasteiger partial charge < -0.3 is 14.9 Å². The second-order valence-electron chi connectivity index (χ2n) is 4.40. The van der Waals surface area contributed by atoms with Crippen LogP contribution in [0.1, 0.15) is 13.3 Å². The lowest BCUT2D eigenvalue weighted by Gasteiger charge is -2.21. The SMILES string of the molecule is CC1CC2OC(=O)C(CO)[C@H]2[C@@H]1CO. The van der Waals surface area contributed by atoms with Crippen LogP contribution in [0.4, 0.5) is 0 Å². The van der Waals surface area contributed by atoms with Gasteiger partial charge in [-0.05, 0) is 18.3 Å². The summed E-state index contributed by atoms with van der Waals surface area (Å²) >= 11 is 0. The van der Waals surface area contributed by atoms with Crippen LogP contribution in [-0.2, 0) is 9.53 Å². The van der Waals surface area contributed by atoms with Gasteiger partial charge in [0, 0.05) is 12.5 Å². The number of esters is 1. The molecule has 4 heteroatoms. The van der Waals surface area contributed by atoms with E-state index >= 15 is 0 Å². The minimum absolute atomic E-state index is 0.0208. The Morgan fingerprint density at radius 1 is 1.43 bits per heavy atom. The van der Waals surface area contributed by atoms with Crippen LogP contribution in [0.2, 0.25) is 0 Å². The third kappa shape index (κ3) is 1.25. The molecule has 2 fully saturated rings. The molecule has 80 valence electrons. The number of carbonyl (C=O) groups is 1. The summed E-state index contributed by atoms with van der Waals surface area (Å²) in [6.45, 7) is 1.97. The quantitative estimate of drug-likeness (QED) is 0.605. The maximum absolute atomic E-state index is 11.3. The molecule has 4 nitrogen and oxygen atoms in total. The molecule has 1 aliphatic carbocycles. The van der Waals surface area contributed by atoms with E-state index in [4.69, 9.17) is 9.84 Å². The Labute approximate surface area is 82.9 Å². The van der Waals surface area contributed by atoms with E-state index in [0.29, 0.717) is 5.92 Å². The number of hydrogen-bond donors (Lipinski definition) is 2. The first-order chi connectivity index (χ1) is 6.69. The van der Waals surface area contributed by atoms with E-state index < -0.39 is 5.92 Å². The normalized spacial score (nSPS) is 46.5. The maximum atomic E-state index is 11.3. The van der Waals surface area contributed by atoms with Crippen molar-refractivity contribution in [3.05, 3.63) is 0 Å². The van der Waals surface area contributed by atoms with Crippen molar-refractivity contribution in [3.8, 4) is 0 Å². The molecule has 0 amide bonds. The van der Waals surface area contributed by atoms with Crippen LogP contribution in [0.3, 0.4) is 0 Å². The highest BCUT2D eigenvalue weighted by atomic mass is 16.6. The summed E-state index contributed by atoms with van der Waals surface area (Å²) in [5.74, 6) is -0.219. The fourth-order valence-corrected chi connectivity index (χ4v) is 2.93. The molecule has 1 aliphatic heterocycles. The van der Waals surface area contributed by atoms with Crippen molar-refractivity contribution in [3.63, 3.8) is 0 Å². The van der Waals surface area contributed by atoms with Crippen LogP contribution in [0, 0.1) is 23.7 Å². The van der Waals surface area contributed by atoms with Gasteiger partial charge in [-0.15, -0.1) is 0 Å². The Balaban J connectivity index is 2.19. The first-order valence-corrected chi connectivity index (χ1v) is 5.11.